The quantitative estimate of drug-likeness (QED) is 0.394. The summed E-state index contributed by atoms with van der Waals surface area (Å²) in [5.41, 5.74) is -0.182. The van der Waals surface area contributed by atoms with E-state index >= 15 is 0 Å². The lowest BCUT2D eigenvalue weighted by atomic mass is 10.2. The van der Waals surface area contributed by atoms with Crippen LogP contribution in [0.2, 0.25) is 10.0 Å². The highest BCUT2D eigenvalue weighted by Crippen LogP contribution is 2.29. The first-order valence-corrected chi connectivity index (χ1v) is 10.5. The van der Waals surface area contributed by atoms with Gasteiger partial charge in [-0.1, -0.05) is 41.4 Å². The molecule has 0 bridgehead atoms. The Balaban J connectivity index is 1.88. The van der Waals surface area contributed by atoms with Gasteiger partial charge in [0.25, 0.3) is 21.6 Å². The Kier molecular flexibility index (Phi) is 6.25. The number of carbonyl (C=O) groups is 1. The Morgan fingerprint density at radius 2 is 1.60 bits per heavy atom. The number of nitro groups is 1. The fraction of sp³-hybridized carbons (Fsp3) is 0. The zero-order chi connectivity index (χ0) is 21.9. The Bertz CT molecular complexity index is 1230. The van der Waals surface area contributed by atoms with Crippen LogP contribution in [0.3, 0.4) is 0 Å². The summed E-state index contributed by atoms with van der Waals surface area (Å²) in [4.78, 5) is 23.0. The van der Waals surface area contributed by atoms with E-state index in [4.69, 9.17) is 23.2 Å². The average Bonchev–Trinajstić information content (AvgIpc) is 2.71. The standard InChI is InChI=1S/C19H13Cl2N3O5S/c20-16-8-6-12(23-30(28,29)14-4-2-1-3-5-14)10-15(16)19(25)22-18-11-13(24(26)27)7-9-17(18)21/h1-11,23H,(H,22,25). The summed E-state index contributed by atoms with van der Waals surface area (Å²) in [7, 11) is -3.87. The number of carbonyl (C=O) groups excluding carboxylic acids is 1. The number of nitrogens with zero attached hydrogens (tertiary/aromatic N) is 1. The third-order valence-electron chi connectivity index (χ3n) is 3.93. The van der Waals surface area contributed by atoms with E-state index in [0.29, 0.717) is 0 Å². The second-order valence-corrected chi connectivity index (χ2v) is 8.49. The zero-order valence-corrected chi connectivity index (χ0v) is 17.3. The van der Waals surface area contributed by atoms with Gasteiger partial charge in [0.2, 0.25) is 0 Å². The predicted molar refractivity (Wildman–Crippen MR) is 115 cm³/mol. The Hall–Kier alpha value is -3.14. The van der Waals surface area contributed by atoms with Crippen LogP contribution in [-0.2, 0) is 10.0 Å². The van der Waals surface area contributed by atoms with Crippen molar-refractivity contribution in [1.82, 2.24) is 0 Å². The van der Waals surface area contributed by atoms with E-state index in [-0.39, 0.29) is 37.6 Å². The highest BCUT2D eigenvalue weighted by Gasteiger charge is 2.18. The van der Waals surface area contributed by atoms with Gasteiger partial charge in [-0.05, 0) is 36.4 Å². The van der Waals surface area contributed by atoms with Gasteiger partial charge >= 0.3 is 0 Å². The molecule has 0 saturated heterocycles. The number of benzene rings is 3. The van der Waals surface area contributed by atoms with E-state index in [1.807, 2.05) is 0 Å². The summed E-state index contributed by atoms with van der Waals surface area (Å²) in [5.74, 6) is -0.719. The van der Waals surface area contributed by atoms with Crippen LogP contribution >= 0.6 is 23.2 Å². The van der Waals surface area contributed by atoms with Gasteiger partial charge in [-0.25, -0.2) is 8.42 Å². The van der Waals surface area contributed by atoms with Crippen molar-refractivity contribution in [3.8, 4) is 0 Å². The molecule has 0 aromatic heterocycles. The van der Waals surface area contributed by atoms with Crippen molar-refractivity contribution < 1.29 is 18.1 Å². The van der Waals surface area contributed by atoms with Crippen molar-refractivity contribution in [2.45, 2.75) is 4.90 Å². The molecule has 0 heterocycles. The Labute approximate surface area is 181 Å². The van der Waals surface area contributed by atoms with E-state index < -0.39 is 20.9 Å². The maximum Gasteiger partial charge on any atom is 0.271 e. The third-order valence-corrected chi connectivity index (χ3v) is 5.98. The van der Waals surface area contributed by atoms with E-state index in [9.17, 15) is 23.3 Å². The highest BCUT2D eigenvalue weighted by molar-refractivity contribution is 7.92. The monoisotopic (exact) mass is 465 g/mol. The summed E-state index contributed by atoms with van der Waals surface area (Å²) in [6, 6.07) is 15.3. The molecule has 154 valence electrons. The summed E-state index contributed by atoms with van der Waals surface area (Å²) in [6.45, 7) is 0. The van der Waals surface area contributed by atoms with E-state index in [2.05, 4.69) is 10.0 Å². The first kappa shape index (κ1) is 21.6. The number of rotatable bonds is 6. The van der Waals surface area contributed by atoms with Crippen LogP contribution < -0.4 is 10.0 Å². The molecule has 0 radical (unpaired) electrons. The van der Waals surface area contributed by atoms with Gasteiger partial charge in [-0.15, -0.1) is 0 Å². The largest absolute Gasteiger partial charge is 0.320 e. The van der Waals surface area contributed by atoms with Gasteiger partial charge in [0.1, 0.15) is 0 Å². The average molecular weight is 466 g/mol. The molecule has 8 nitrogen and oxygen atoms in total. The van der Waals surface area contributed by atoms with E-state index in [1.165, 1.54) is 42.5 Å². The molecule has 0 atom stereocenters. The van der Waals surface area contributed by atoms with E-state index in [0.717, 1.165) is 6.07 Å². The number of hydrogen-bond acceptors (Lipinski definition) is 5. The first-order valence-electron chi connectivity index (χ1n) is 8.30. The number of anilines is 2. The van der Waals surface area contributed by atoms with Crippen molar-refractivity contribution in [3.05, 3.63) is 92.5 Å². The van der Waals surface area contributed by atoms with Crippen LogP contribution in [0.15, 0.2) is 71.6 Å². The van der Waals surface area contributed by atoms with Crippen LogP contribution in [0, 0.1) is 10.1 Å². The summed E-state index contributed by atoms with van der Waals surface area (Å²) in [5, 5.41) is 13.5. The van der Waals surface area contributed by atoms with Gasteiger partial charge in [-0.2, -0.15) is 0 Å². The molecule has 0 unspecified atom stereocenters. The number of halogens is 2. The zero-order valence-electron chi connectivity index (χ0n) is 15.0. The molecule has 0 aliphatic rings. The van der Waals surface area contributed by atoms with Crippen LogP contribution in [0.4, 0.5) is 17.1 Å². The first-order chi connectivity index (χ1) is 14.2. The maximum absolute atomic E-state index is 12.7. The van der Waals surface area contributed by atoms with Crippen LogP contribution in [0.5, 0.6) is 0 Å². The smallest absolute Gasteiger partial charge is 0.271 e. The predicted octanol–water partition coefficient (Wildman–Crippen LogP) is 4.95. The number of sulfonamides is 1. The van der Waals surface area contributed by atoms with Crippen LogP contribution in [0.1, 0.15) is 10.4 Å². The topological polar surface area (TPSA) is 118 Å². The lowest BCUT2D eigenvalue weighted by molar-refractivity contribution is -0.384. The van der Waals surface area contributed by atoms with Crippen molar-refractivity contribution in [2.75, 3.05) is 10.0 Å². The summed E-state index contributed by atoms with van der Waals surface area (Å²) in [6.07, 6.45) is 0. The molecule has 0 spiro atoms. The molecule has 3 rings (SSSR count). The number of nitrogens with one attached hydrogen (secondary N) is 2. The Morgan fingerprint density at radius 1 is 0.933 bits per heavy atom. The van der Waals surface area contributed by atoms with Gasteiger partial charge < -0.3 is 5.32 Å². The lowest BCUT2D eigenvalue weighted by Gasteiger charge is -2.12. The minimum Gasteiger partial charge on any atom is -0.320 e. The molecule has 11 heteroatoms. The number of hydrogen-bond donors (Lipinski definition) is 2. The normalized spacial score (nSPS) is 11.0. The minimum atomic E-state index is -3.87. The SMILES string of the molecule is O=C(Nc1cc([N+](=O)[O-])ccc1Cl)c1cc(NS(=O)(=O)c2ccccc2)ccc1Cl. The van der Waals surface area contributed by atoms with Crippen LogP contribution in [-0.4, -0.2) is 19.2 Å². The van der Waals surface area contributed by atoms with Crippen molar-refractivity contribution >= 4 is 56.2 Å². The van der Waals surface area contributed by atoms with Crippen molar-refractivity contribution in [3.63, 3.8) is 0 Å². The van der Waals surface area contributed by atoms with Crippen LogP contribution in [0.25, 0.3) is 0 Å². The molecular formula is C19H13Cl2N3O5S. The van der Waals surface area contributed by atoms with Crippen molar-refractivity contribution in [2.24, 2.45) is 0 Å². The third kappa shape index (κ3) is 4.88. The molecule has 30 heavy (non-hydrogen) atoms. The number of amides is 1. The second kappa shape index (κ2) is 8.70. The van der Waals surface area contributed by atoms with E-state index in [1.54, 1.807) is 18.2 Å². The molecule has 1 amide bonds. The Morgan fingerprint density at radius 3 is 2.27 bits per heavy atom. The molecule has 0 fully saturated rings. The maximum atomic E-state index is 12.7. The summed E-state index contributed by atoms with van der Waals surface area (Å²) < 4.78 is 27.3. The highest BCUT2D eigenvalue weighted by atomic mass is 35.5. The number of nitro benzene ring substituents is 1. The number of non-ortho nitro benzene ring substituents is 1. The molecule has 3 aromatic carbocycles. The molecular weight excluding hydrogens is 453 g/mol. The molecule has 2 N–H and O–H groups in total. The molecule has 0 aliphatic carbocycles. The molecule has 0 saturated carbocycles. The summed E-state index contributed by atoms with van der Waals surface area (Å²) >= 11 is 12.1. The molecule has 3 aromatic rings. The van der Waals surface area contributed by atoms with Gasteiger partial charge in [0, 0.05) is 17.8 Å². The van der Waals surface area contributed by atoms with Gasteiger partial charge in [0.05, 0.1) is 31.1 Å². The van der Waals surface area contributed by atoms with Crippen molar-refractivity contribution in [1.29, 1.82) is 0 Å². The molecule has 0 aliphatic heterocycles. The van der Waals surface area contributed by atoms with Gasteiger partial charge in [-0.3, -0.25) is 19.6 Å². The van der Waals surface area contributed by atoms with Gasteiger partial charge in [0.15, 0.2) is 0 Å². The lowest BCUT2D eigenvalue weighted by Crippen LogP contribution is -2.16. The fourth-order valence-electron chi connectivity index (χ4n) is 2.49. The fourth-order valence-corrected chi connectivity index (χ4v) is 3.93. The second-order valence-electron chi connectivity index (χ2n) is 5.99. The minimum absolute atomic E-state index is 0.0159.